The Labute approximate surface area is 153 Å². The Morgan fingerprint density at radius 2 is 2.24 bits per heavy atom. The van der Waals surface area contributed by atoms with Crippen molar-refractivity contribution >= 4 is 33.0 Å². The van der Waals surface area contributed by atoms with Crippen molar-refractivity contribution in [3.8, 4) is 0 Å². The molecule has 0 saturated carbocycles. The van der Waals surface area contributed by atoms with Crippen molar-refractivity contribution in [1.29, 1.82) is 0 Å². The van der Waals surface area contributed by atoms with Crippen LogP contribution in [0.5, 0.6) is 0 Å². The molecule has 0 spiro atoms. The molecule has 1 aliphatic carbocycles. The number of allylic oxidation sites excluding steroid dienone is 2. The monoisotopic (exact) mass is 411 g/mol. The van der Waals surface area contributed by atoms with Crippen LogP contribution >= 0.6 is 15.9 Å². The number of nitrogens with zero attached hydrogens (tertiary/aromatic N) is 1. The first-order valence-corrected chi connectivity index (χ1v) is 9.33. The van der Waals surface area contributed by atoms with E-state index in [1.54, 1.807) is 0 Å². The van der Waals surface area contributed by atoms with E-state index in [0.29, 0.717) is 13.1 Å². The average Bonchev–Trinajstić information content (AvgIpc) is 3.08. The van der Waals surface area contributed by atoms with Crippen LogP contribution in [0.4, 0.5) is 20.2 Å². The third-order valence-electron chi connectivity index (χ3n) is 5.06. The van der Waals surface area contributed by atoms with Crippen molar-refractivity contribution in [2.24, 2.45) is 10.9 Å². The van der Waals surface area contributed by atoms with Gasteiger partial charge in [-0.25, -0.2) is 0 Å². The van der Waals surface area contributed by atoms with E-state index >= 15 is 0 Å². The van der Waals surface area contributed by atoms with Crippen LogP contribution in [0.2, 0.25) is 0 Å². The van der Waals surface area contributed by atoms with Crippen molar-refractivity contribution in [2.75, 3.05) is 25.0 Å². The van der Waals surface area contributed by atoms with Gasteiger partial charge in [-0.05, 0) is 40.4 Å². The minimum Gasteiger partial charge on any atom is -0.378 e. The molecule has 7 heteroatoms. The highest BCUT2D eigenvalue weighted by Crippen LogP contribution is 2.39. The Balaban J connectivity index is 1.52. The first-order chi connectivity index (χ1) is 12.1. The first-order valence-electron chi connectivity index (χ1n) is 8.54. The van der Waals surface area contributed by atoms with Crippen LogP contribution in [0.15, 0.2) is 27.7 Å². The normalized spacial score (nSPS) is 25.1. The average molecular weight is 412 g/mol. The van der Waals surface area contributed by atoms with Crippen LogP contribution in [0.1, 0.15) is 17.5 Å². The van der Waals surface area contributed by atoms with Crippen molar-refractivity contribution < 1.29 is 13.5 Å². The fourth-order valence-corrected chi connectivity index (χ4v) is 4.24. The molecular weight excluding hydrogens is 392 g/mol. The molecule has 2 N–H and O–H groups in total. The van der Waals surface area contributed by atoms with Gasteiger partial charge in [0.1, 0.15) is 0 Å². The maximum atomic E-state index is 12.2. The summed E-state index contributed by atoms with van der Waals surface area (Å²) in [6.07, 6.45) is 4.75. The third-order valence-corrected chi connectivity index (χ3v) is 5.67. The highest BCUT2D eigenvalue weighted by molar-refractivity contribution is 9.11. The second-order valence-corrected chi connectivity index (χ2v) is 7.76. The summed E-state index contributed by atoms with van der Waals surface area (Å²) in [6, 6.07) is 4.39. The summed E-state index contributed by atoms with van der Waals surface area (Å²) >= 11 is 3.59. The maximum Gasteiger partial charge on any atom is 0.345 e. The van der Waals surface area contributed by atoms with Crippen LogP contribution in [-0.4, -0.2) is 38.1 Å². The minimum atomic E-state index is -2.70. The number of fused-ring (bicyclic) bond motifs is 3. The second kappa shape index (κ2) is 7.13. The maximum absolute atomic E-state index is 12.2. The van der Waals surface area contributed by atoms with E-state index in [1.807, 2.05) is 0 Å². The number of hydrogen-bond donors (Lipinski definition) is 2. The molecule has 25 heavy (non-hydrogen) atoms. The predicted octanol–water partition coefficient (Wildman–Crippen LogP) is 3.78. The standard InChI is InChI=1S/C18H20BrF2N3O/c19-12-2-3-13-11(6-12)1-4-14-17(13)24-16(8-23-14)15-5-10(7-22-15)9-25-18(20)21/h1-2,4,10,15,18,22-23H,3,5-9H2. The molecule has 2 unspecified atom stereocenters. The van der Waals surface area contributed by atoms with Gasteiger partial charge in [-0.2, -0.15) is 8.78 Å². The number of hydrogen-bond acceptors (Lipinski definition) is 4. The van der Waals surface area contributed by atoms with Crippen molar-refractivity contribution in [3.63, 3.8) is 0 Å². The predicted molar refractivity (Wildman–Crippen MR) is 98.3 cm³/mol. The van der Waals surface area contributed by atoms with Crippen LogP contribution in [0.3, 0.4) is 0 Å². The van der Waals surface area contributed by atoms with Gasteiger partial charge in [0.2, 0.25) is 0 Å². The Morgan fingerprint density at radius 1 is 1.36 bits per heavy atom. The molecule has 0 bridgehead atoms. The summed E-state index contributed by atoms with van der Waals surface area (Å²) in [7, 11) is 0. The van der Waals surface area contributed by atoms with Crippen molar-refractivity contribution in [3.05, 3.63) is 33.8 Å². The molecular formula is C18H20BrF2N3O. The van der Waals surface area contributed by atoms with Crippen molar-refractivity contribution in [1.82, 2.24) is 5.32 Å². The van der Waals surface area contributed by atoms with Crippen LogP contribution in [0.25, 0.3) is 0 Å². The summed E-state index contributed by atoms with van der Waals surface area (Å²) in [6.45, 7) is -1.23. The molecule has 3 aliphatic rings. The number of nitrogens with one attached hydrogen (secondary N) is 2. The van der Waals surface area contributed by atoms with E-state index in [-0.39, 0.29) is 18.6 Å². The molecule has 1 aromatic carbocycles. The Kier molecular flexibility index (Phi) is 4.88. The molecule has 0 aromatic heterocycles. The number of anilines is 1. The number of aliphatic imine (C=N–C) groups is 1. The first kappa shape index (κ1) is 17.1. The summed E-state index contributed by atoms with van der Waals surface area (Å²) < 4.78 is 30.1. The third kappa shape index (κ3) is 3.64. The van der Waals surface area contributed by atoms with E-state index < -0.39 is 6.61 Å². The zero-order chi connectivity index (χ0) is 17.4. The van der Waals surface area contributed by atoms with Gasteiger partial charge in [0.05, 0.1) is 30.2 Å². The Morgan fingerprint density at radius 3 is 3.08 bits per heavy atom. The second-order valence-electron chi connectivity index (χ2n) is 6.74. The number of halogens is 3. The largest absolute Gasteiger partial charge is 0.378 e. The Bertz CT molecular complexity index is 735. The molecule has 4 rings (SSSR count). The SMILES string of the molecule is FC(F)OCC1CNC(C2=Nc3c(ccc4c3CC=C(Br)C4)NC2)C1. The number of benzene rings is 1. The topological polar surface area (TPSA) is 45.6 Å². The van der Waals surface area contributed by atoms with E-state index in [1.165, 1.54) is 15.6 Å². The number of alkyl halides is 2. The lowest BCUT2D eigenvalue weighted by Crippen LogP contribution is -2.36. The highest BCUT2D eigenvalue weighted by Gasteiger charge is 2.30. The van der Waals surface area contributed by atoms with E-state index in [9.17, 15) is 8.78 Å². The zero-order valence-electron chi connectivity index (χ0n) is 13.7. The fraction of sp³-hybridized carbons (Fsp3) is 0.500. The van der Waals surface area contributed by atoms with Gasteiger partial charge in [0.15, 0.2) is 0 Å². The van der Waals surface area contributed by atoms with E-state index in [0.717, 1.165) is 36.3 Å². The lowest BCUT2D eigenvalue weighted by atomic mass is 9.93. The molecule has 2 atom stereocenters. The van der Waals surface area contributed by atoms with Gasteiger partial charge < -0.3 is 15.4 Å². The smallest absolute Gasteiger partial charge is 0.345 e. The fourth-order valence-electron chi connectivity index (χ4n) is 3.78. The summed E-state index contributed by atoms with van der Waals surface area (Å²) in [5.74, 6) is 0.103. The molecule has 1 aromatic rings. The van der Waals surface area contributed by atoms with Gasteiger partial charge in [0.25, 0.3) is 0 Å². The molecule has 2 aliphatic heterocycles. The van der Waals surface area contributed by atoms with Crippen LogP contribution in [0, 0.1) is 5.92 Å². The molecule has 134 valence electrons. The lowest BCUT2D eigenvalue weighted by molar-refractivity contribution is -0.136. The van der Waals surface area contributed by atoms with E-state index in [4.69, 9.17) is 4.99 Å². The van der Waals surface area contributed by atoms with Crippen molar-refractivity contribution in [2.45, 2.75) is 31.9 Å². The summed E-state index contributed by atoms with van der Waals surface area (Å²) in [4.78, 5) is 4.95. The van der Waals surface area contributed by atoms with Gasteiger partial charge in [0, 0.05) is 19.0 Å². The van der Waals surface area contributed by atoms with Crippen LogP contribution in [-0.2, 0) is 17.6 Å². The van der Waals surface area contributed by atoms with Gasteiger partial charge in [-0.1, -0.05) is 28.1 Å². The molecule has 1 fully saturated rings. The molecule has 2 heterocycles. The summed E-state index contributed by atoms with van der Waals surface area (Å²) in [5.41, 5.74) is 5.74. The zero-order valence-corrected chi connectivity index (χ0v) is 15.3. The highest BCUT2D eigenvalue weighted by atomic mass is 79.9. The quantitative estimate of drug-likeness (QED) is 0.792. The lowest BCUT2D eigenvalue weighted by Gasteiger charge is -2.26. The van der Waals surface area contributed by atoms with Gasteiger partial charge >= 0.3 is 6.61 Å². The Hall–Kier alpha value is -1.31. The van der Waals surface area contributed by atoms with E-state index in [2.05, 4.69) is 49.5 Å². The van der Waals surface area contributed by atoms with Crippen LogP contribution < -0.4 is 10.6 Å². The molecule has 0 amide bonds. The van der Waals surface area contributed by atoms with Gasteiger partial charge in [-0.15, -0.1) is 0 Å². The molecule has 1 saturated heterocycles. The molecule has 4 nitrogen and oxygen atoms in total. The molecule has 0 radical (unpaired) electrons. The summed E-state index contributed by atoms with van der Waals surface area (Å²) in [5, 5.41) is 6.86. The number of rotatable bonds is 4. The van der Waals surface area contributed by atoms with Gasteiger partial charge in [-0.3, -0.25) is 4.99 Å². The number of ether oxygens (including phenoxy) is 1. The minimum absolute atomic E-state index is 0.0900.